The molecule has 0 aromatic heterocycles. The molecule has 7 nitrogen and oxygen atoms in total. The van der Waals surface area contributed by atoms with Crippen LogP contribution in [0.2, 0.25) is 0 Å². The lowest BCUT2D eigenvalue weighted by Crippen LogP contribution is -2.59. The lowest BCUT2D eigenvalue weighted by atomic mass is 9.89. The number of rotatable bonds is 6. The zero-order chi connectivity index (χ0) is 18.0. The van der Waals surface area contributed by atoms with Gasteiger partial charge in [0.2, 0.25) is 0 Å². The first-order valence-corrected chi connectivity index (χ1v) is 7.90. The summed E-state index contributed by atoms with van der Waals surface area (Å²) in [5.74, 6) is 0.587. The number of nitro benzene ring substituents is 1. The Hall–Kier alpha value is -2.93. The number of benzene rings is 2. The van der Waals surface area contributed by atoms with Gasteiger partial charge in [-0.15, -0.1) is 0 Å². The van der Waals surface area contributed by atoms with Crippen molar-refractivity contribution in [1.29, 1.82) is 0 Å². The van der Waals surface area contributed by atoms with Gasteiger partial charge in [-0.25, -0.2) is 0 Å². The fourth-order valence-corrected chi connectivity index (χ4v) is 2.97. The maximum absolute atomic E-state index is 12.4. The van der Waals surface area contributed by atoms with Gasteiger partial charge in [0.1, 0.15) is 5.75 Å². The van der Waals surface area contributed by atoms with E-state index in [4.69, 9.17) is 9.47 Å². The van der Waals surface area contributed by atoms with Crippen LogP contribution >= 0.6 is 0 Å². The largest absolute Gasteiger partial charge is 0.494 e. The number of methoxy groups -OCH3 is 1. The van der Waals surface area contributed by atoms with E-state index in [1.165, 1.54) is 19.2 Å². The van der Waals surface area contributed by atoms with Crippen LogP contribution in [-0.2, 0) is 9.53 Å². The third-order valence-corrected chi connectivity index (χ3v) is 4.17. The molecule has 0 spiro atoms. The van der Waals surface area contributed by atoms with Crippen LogP contribution in [0.5, 0.6) is 5.75 Å². The van der Waals surface area contributed by atoms with Crippen molar-refractivity contribution >= 4 is 17.3 Å². The summed E-state index contributed by atoms with van der Waals surface area (Å²) in [6, 6.07) is 13.1. The van der Waals surface area contributed by atoms with Crippen LogP contribution < -0.4 is 9.64 Å². The monoisotopic (exact) mass is 342 g/mol. The number of carbonyl (C=O) groups is 1. The third kappa shape index (κ3) is 3.06. The highest BCUT2D eigenvalue weighted by molar-refractivity contribution is 6.05. The summed E-state index contributed by atoms with van der Waals surface area (Å²) < 4.78 is 10.7. The third-order valence-electron chi connectivity index (χ3n) is 4.17. The van der Waals surface area contributed by atoms with Gasteiger partial charge in [-0.1, -0.05) is 12.1 Å². The molecule has 2 atom stereocenters. The number of nitrogens with zero attached hydrogens (tertiary/aromatic N) is 2. The molecule has 130 valence electrons. The smallest absolute Gasteiger partial charge is 0.269 e. The van der Waals surface area contributed by atoms with Crippen molar-refractivity contribution < 1.29 is 19.2 Å². The first kappa shape index (κ1) is 16.9. The summed E-state index contributed by atoms with van der Waals surface area (Å²) >= 11 is 0. The zero-order valence-electron chi connectivity index (χ0n) is 13.9. The van der Waals surface area contributed by atoms with E-state index in [0.29, 0.717) is 6.61 Å². The quantitative estimate of drug-likeness (QED) is 0.458. The molecule has 0 bridgehead atoms. The molecular formula is C18H18N2O5. The van der Waals surface area contributed by atoms with Crippen molar-refractivity contribution in [3.8, 4) is 5.75 Å². The molecule has 7 heteroatoms. The van der Waals surface area contributed by atoms with Gasteiger partial charge in [-0.2, -0.15) is 0 Å². The second kappa shape index (κ2) is 6.90. The van der Waals surface area contributed by atoms with Crippen LogP contribution in [0, 0.1) is 10.1 Å². The maximum Gasteiger partial charge on any atom is 0.269 e. The minimum absolute atomic E-state index is 0.0102. The minimum atomic E-state index is -0.604. The molecule has 25 heavy (non-hydrogen) atoms. The summed E-state index contributed by atoms with van der Waals surface area (Å²) in [7, 11) is 1.48. The molecule has 0 N–H and O–H groups in total. The zero-order valence-corrected chi connectivity index (χ0v) is 13.9. The van der Waals surface area contributed by atoms with Crippen LogP contribution in [-0.4, -0.2) is 30.7 Å². The molecular weight excluding hydrogens is 324 g/mol. The highest BCUT2D eigenvalue weighted by atomic mass is 16.6. The van der Waals surface area contributed by atoms with Crippen molar-refractivity contribution in [2.24, 2.45) is 0 Å². The standard InChI is InChI=1S/C18H18N2O5/c1-3-25-15-10-8-13(9-11-15)19-16(17(24-2)18(19)21)12-4-6-14(7-5-12)20(22)23/h4-11,16-17H,3H2,1-2H3. The van der Waals surface area contributed by atoms with Crippen molar-refractivity contribution in [3.05, 3.63) is 64.2 Å². The van der Waals surface area contributed by atoms with Crippen LogP contribution in [0.1, 0.15) is 18.5 Å². The fourth-order valence-electron chi connectivity index (χ4n) is 2.97. The molecule has 1 aliphatic rings. The van der Waals surface area contributed by atoms with E-state index < -0.39 is 11.0 Å². The average Bonchev–Trinajstić information content (AvgIpc) is 2.62. The highest BCUT2D eigenvalue weighted by Gasteiger charge is 2.49. The van der Waals surface area contributed by atoms with Gasteiger partial charge in [0.05, 0.1) is 17.6 Å². The van der Waals surface area contributed by atoms with Gasteiger partial charge >= 0.3 is 0 Å². The Balaban J connectivity index is 1.89. The lowest BCUT2D eigenvalue weighted by molar-refractivity contribution is -0.384. The Morgan fingerprint density at radius 2 is 1.76 bits per heavy atom. The molecule has 1 amide bonds. The average molecular weight is 342 g/mol. The fraction of sp³-hybridized carbons (Fsp3) is 0.278. The van der Waals surface area contributed by atoms with Gasteiger partial charge in [0.25, 0.3) is 11.6 Å². The van der Waals surface area contributed by atoms with E-state index in [1.807, 2.05) is 19.1 Å². The van der Waals surface area contributed by atoms with Gasteiger partial charge in [0, 0.05) is 24.9 Å². The Morgan fingerprint density at radius 3 is 2.28 bits per heavy atom. The SMILES string of the molecule is CCOc1ccc(N2C(=O)C(OC)C2c2ccc([N+](=O)[O-])cc2)cc1. The van der Waals surface area contributed by atoms with Gasteiger partial charge in [0.15, 0.2) is 6.10 Å². The number of nitro groups is 1. The molecule has 0 radical (unpaired) electrons. The molecule has 1 heterocycles. The predicted octanol–water partition coefficient (Wildman–Crippen LogP) is 3.10. The summed E-state index contributed by atoms with van der Waals surface area (Å²) in [5, 5.41) is 10.8. The summed E-state index contributed by atoms with van der Waals surface area (Å²) in [6.45, 7) is 2.47. The van der Waals surface area contributed by atoms with Crippen molar-refractivity contribution in [3.63, 3.8) is 0 Å². The number of β-lactam (4-membered cyclic amide) rings is 1. The molecule has 1 saturated heterocycles. The molecule has 3 rings (SSSR count). The second-order valence-corrected chi connectivity index (χ2v) is 5.58. The van der Waals surface area contributed by atoms with E-state index in [0.717, 1.165) is 17.0 Å². The summed E-state index contributed by atoms with van der Waals surface area (Å²) in [4.78, 5) is 24.4. The number of anilines is 1. The molecule has 1 aliphatic heterocycles. The molecule has 2 aromatic carbocycles. The molecule has 0 aliphatic carbocycles. The Bertz CT molecular complexity index is 773. The van der Waals surface area contributed by atoms with Gasteiger partial charge in [-0.05, 0) is 36.8 Å². The molecule has 0 saturated carbocycles. The Labute approximate surface area is 144 Å². The number of hydrogen-bond acceptors (Lipinski definition) is 5. The molecule has 1 fully saturated rings. The van der Waals surface area contributed by atoms with E-state index in [9.17, 15) is 14.9 Å². The predicted molar refractivity (Wildman–Crippen MR) is 91.7 cm³/mol. The Kier molecular flexibility index (Phi) is 4.67. The first-order chi connectivity index (χ1) is 12.1. The normalized spacial score (nSPS) is 19.4. The highest BCUT2D eigenvalue weighted by Crippen LogP contribution is 2.41. The van der Waals surface area contributed by atoms with Crippen LogP contribution in [0.15, 0.2) is 48.5 Å². The van der Waals surface area contributed by atoms with E-state index >= 15 is 0 Å². The maximum atomic E-state index is 12.4. The summed E-state index contributed by atoms with van der Waals surface area (Å²) in [5.41, 5.74) is 1.52. The van der Waals surface area contributed by atoms with Crippen LogP contribution in [0.4, 0.5) is 11.4 Å². The lowest BCUT2D eigenvalue weighted by Gasteiger charge is -2.46. The number of amides is 1. The number of non-ortho nitro benzene ring substituents is 1. The minimum Gasteiger partial charge on any atom is -0.494 e. The van der Waals surface area contributed by atoms with Crippen molar-refractivity contribution in [1.82, 2.24) is 0 Å². The topological polar surface area (TPSA) is 81.9 Å². The second-order valence-electron chi connectivity index (χ2n) is 5.58. The van der Waals surface area contributed by atoms with Crippen molar-refractivity contribution in [2.75, 3.05) is 18.6 Å². The van der Waals surface area contributed by atoms with Crippen LogP contribution in [0.3, 0.4) is 0 Å². The molecule has 2 aromatic rings. The number of ether oxygens (including phenoxy) is 2. The summed E-state index contributed by atoms with van der Waals surface area (Å²) in [6.07, 6.45) is -0.604. The number of carbonyl (C=O) groups excluding carboxylic acids is 1. The molecule has 2 unspecified atom stereocenters. The Morgan fingerprint density at radius 1 is 1.12 bits per heavy atom. The van der Waals surface area contributed by atoms with Crippen molar-refractivity contribution in [2.45, 2.75) is 19.1 Å². The van der Waals surface area contributed by atoms with Gasteiger partial charge in [-0.3, -0.25) is 19.8 Å². The van der Waals surface area contributed by atoms with E-state index in [1.54, 1.807) is 29.2 Å². The van der Waals surface area contributed by atoms with E-state index in [-0.39, 0.29) is 17.6 Å². The first-order valence-electron chi connectivity index (χ1n) is 7.90. The number of hydrogen-bond donors (Lipinski definition) is 0. The van der Waals surface area contributed by atoms with Gasteiger partial charge < -0.3 is 9.47 Å². The van der Waals surface area contributed by atoms with E-state index in [2.05, 4.69) is 0 Å². The van der Waals surface area contributed by atoms with Crippen LogP contribution in [0.25, 0.3) is 0 Å².